The normalized spacial score (nSPS) is 18.2. The lowest BCUT2D eigenvalue weighted by Crippen LogP contribution is -2.45. The first-order valence-corrected chi connectivity index (χ1v) is 11.5. The quantitative estimate of drug-likeness (QED) is 0.404. The molecule has 1 aromatic rings. The topological polar surface area (TPSA) is 85.9 Å². The molecule has 1 aliphatic rings. The minimum absolute atomic E-state index is 0.211. The summed E-state index contributed by atoms with van der Waals surface area (Å²) in [5.74, 6) is -0.256. The zero-order valence-corrected chi connectivity index (χ0v) is 20.6. The molecule has 0 radical (unpaired) electrons. The minimum atomic E-state index is -0.679. The van der Waals surface area contributed by atoms with Crippen molar-refractivity contribution in [2.45, 2.75) is 103 Å². The van der Waals surface area contributed by atoms with Crippen LogP contribution in [0.1, 0.15) is 74.1 Å². The van der Waals surface area contributed by atoms with Crippen LogP contribution < -0.4 is 10.6 Å². The van der Waals surface area contributed by atoms with Crippen molar-refractivity contribution >= 4 is 24.8 Å². The van der Waals surface area contributed by atoms with Crippen LogP contribution >= 0.6 is 0 Å². The van der Waals surface area contributed by atoms with Gasteiger partial charge in [-0.05, 0) is 73.3 Å². The van der Waals surface area contributed by atoms with Gasteiger partial charge in [-0.3, -0.25) is 4.79 Å². The van der Waals surface area contributed by atoms with Gasteiger partial charge in [0.05, 0.1) is 11.2 Å². The fourth-order valence-corrected chi connectivity index (χ4v) is 3.39. The summed E-state index contributed by atoms with van der Waals surface area (Å²) in [5, 5.41) is 5.59. The average Bonchev–Trinajstić information content (AvgIpc) is 2.86. The van der Waals surface area contributed by atoms with Gasteiger partial charge >= 0.3 is 13.2 Å². The summed E-state index contributed by atoms with van der Waals surface area (Å²) in [6.07, 6.45) is 3.31. The number of para-hydroxylation sites is 1. The number of ether oxygens (including phenoxy) is 1. The molecular formula is C24H39BN2O5. The molecule has 0 spiro atoms. The lowest BCUT2D eigenvalue weighted by Gasteiger charge is -2.32. The van der Waals surface area contributed by atoms with Crippen LogP contribution in [0.25, 0.3) is 0 Å². The second-order valence-corrected chi connectivity index (χ2v) is 10.4. The van der Waals surface area contributed by atoms with E-state index in [4.69, 9.17) is 14.0 Å². The van der Waals surface area contributed by atoms with Crippen molar-refractivity contribution in [3.8, 4) is 0 Å². The van der Waals surface area contributed by atoms with Gasteiger partial charge in [0.2, 0.25) is 5.91 Å². The number of nitrogens with one attached hydrogen (secondary N) is 2. The number of carbonyl (C=O) groups is 2. The zero-order chi connectivity index (χ0) is 24.0. The third-order valence-electron chi connectivity index (χ3n) is 5.78. The van der Waals surface area contributed by atoms with Crippen molar-refractivity contribution in [3.63, 3.8) is 0 Å². The number of hydrogen-bond acceptors (Lipinski definition) is 5. The molecule has 2 amide bonds. The summed E-state index contributed by atoms with van der Waals surface area (Å²) in [6, 6.07) is 8.53. The molecule has 32 heavy (non-hydrogen) atoms. The molecule has 1 fully saturated rings. The van der Waals surface area contributed by atoms with Crippen molar-refractivity contribution in [1.29, 1.82) is 0 Å². The Morgan fingerprint density at radius 2 is 1.59 bits per heavy atom. The van der Waals surface area contributed by atoms with E-state index in [9.17, 15) is 9.59 Å². The molecule has 1 aromatic carbocycles. The van der Waals surface area contributed by atoms with Crippen LogP contribution in [0, 0.1) is 0 Å². The molecule has 178 valence electrons. The molecule has 1 saturated heterocycles. The van der Waals surface area contributed by atoms with E-state index in [0.717, 1.165) is 25.6 Å². The lowest BCUT2D eigenvalue weighted by molar-refractivity contribution is -0.118. The van der Waals surface area contributed by atoms with Gasteiger partial charge in [-0.25, -0.2) is 4.79 Å². The first-order chi connectivity index (χ1) is 14.8. The Kier molecular flexibility index (Phi) is 8.77. The first-order valence-electron chi connectivity index (χ1n) is 11.5. The summed E-state index contributed by atoms with van der Waals surface area (Å²) < 4.78 is 17.4. The van der Waals surface area contributed by atoms with E-state index in [-0.39, 0.29) is 24.2 Å². The number of carbonyl (C=O) groups excluding carboxylic acids is 2. The molecule has 1 atom stereocenters. The van der Waals surface area contributed by atoms with E-state index in [1.807, 2.05) is 58.0 Å². The number of rotatable bonds is 9. The molecule has 2 rings (SSSR count). The highest BCUT2D eigenvalue weighted by Crippen LogP contribution is 2.38. The van der Waals surface area contributed by atoms with Crippen molar-refractivity contribution < 1.29 is 23.6 Å². The highest BCUT2D eigenvalue weighted by molar-refractivity contribution is 6.45. The number of amides is 2. The summed E-state index contributed by atoms with van der Waals surface area (Å²) in [4.78, 5) is 25.1. The second-order valence-electron chi connectivity index (χ2n) is 10.4. The maximum Gasteiger partial charge on any atom is 0.457 e. The van der Waals surface area contributed by atoms with Gasteiger partial charge in [-0.1, -0.05) is 37.5 Å². The van der Waals surface area contributed by atoms with Gasteiger partial charge in [-0.15, -0.1) is 0 Å². The Hall–Kier alpha value is -2.06. The molecule has 1 unspecified atom stereocenters. The van der Waals surface area contributed by atoms with Crippen molar-refractivity contribution in [1.82, 2.24) is 5.32 Å². The van der Waals surface area contributed by atoms with E-state index in [1.54, 1.807) is 20.8 Å². The third-order valence-corrected chi connectivity index (χ3v) is 5.78. The number of unbranched alkanes of at least 4 members (excludes halogenated alkanes) is 2. The molecule has 0 saturated carbocycles. The average molecular weight is 446 g/mol. The van der Waals surface area contributed by atoms with Crippen molar-refractivity contribution in [3.05, 3.63) is 30.3 Å². The summed E-state index contributed by atoms with van der Waals surface area (Å²) in [6.45, 7) is 13.6. The Morgan fingerprint density at radius 1 is 1.00 bits per heavy atom. The van der Waals surface area contributed by atoms with Crippen molar-refractivity contribution in [2.24, 2.45) is 0 Å². The smallest absolute Gasteiger partial charge is 0.444 e. The Bertz CT molecular complexity index is 745. The van der Waals surface area contributed by atoms with E-state index in [0.29, 0.717) is 12.1 Å². The number of benzene rings is 1. The Balaban J connectivity index is 1.84. The monoisotopic (exact) mass is 446 g/mol. The van der Waals surface area contributed by atoms with Crippen LogP contribution in [0.15, 0.2) is 30.3 Å². The molecule has 1 heterocycles. The minimum Gasteiger partial charge on any atom is -0.444 e. The molecule has 0 aromatic heterocycles. The Labute approximate surface area is 193 Å². The molecule has 0 aliphatic carbocycles. The number of alkyl carbamates (subject to hydrolysis) is 1. The first kappa shape index (κ1) is 26.2. The maximum absolute atomic E-state index is 12.8. The van der Waals surface area contributed by atoms with E-state index < -0.39 is 17.7 Å². The zero-order valence-electron chi connectivity index (χ0n) is 20.6. The van der Waals surface area contributed by atoms with Crippen LogP contribution in [0.2, 0.25) is 6.32 Å². The largest absolute Gasteiger partial charge is 0.457 e. The van der Waals surface area contributed by atoms with Crippen LogP contribution in [-0.2, 0) is 18.8 Å². The van der Waals surface area contributed by atoms with Gasteiger partial charge in [0, 0.05) is 5.69 Å². The highest BCUT2D eigenvalue weighted by Gasteiger charge is 2.50. The fraction of sp³-hybridized carbons (Fsp3) is 0.667. The molecule has 0 bridgehead atoms. The van der Waals surface area contributed by atoms with E-state index in [2.05, 4.69) is 10.6 Å². The van der Waals surface area contributed by atoms with Gasteiger partial charge in [0.15, 0.2) is 0 Å². The number of anilines is 1. The standard InChI is InChI=1S/C24H39BN2O5/c1-22(2,3)30-21(29)27-19(20(28)26-18-14-10-8-11-15-18)16-12-9-13-17-25-31-23(4,5)24(6,7)32-25/h8,10-11,14-15,19H,9,12-13,16-17H2,1-7H3,(H,26,28)(H,27,29). The van der Waals surface area contributed by atoms with Crippen LogP contribution in [0.5, 0.6) is 0 Å². The van der Waals surface area contributed by atoms with Crippen LogP contribution in [0.4, 0.5) is 10.5 Å². The summed E-state index contributed by atoms with van der Waals surface area (Å²) in [5.41, 5.74) is -0.590. The van der Waals surface area contributed by atoms with Gasteiger partial charge in [0.25, 0.3) is 0 Å². The lowest BCUT2D eigenvalue weighted by atomic mass is 9.82. The van der Waals surface area contributed by atoms with Crippen molar-refractivity contribution in [2.75, 3.05) is 5.32 Å². The van der Waals surface area contributed by atoms with Gasteiger partial charge in [-0.2, -0.15) is 0 Å². The molecule has 8 heteroatoms. The molecule has 1 aliphatic heterocycles. The Morgan fingerprint density at radius 3 is 2.16 bits per heavy atom. The maximum atomic E-state index is 12.8. The van der Waals surface area contributed by atoms with Gasteiger partial charge < -0.3 is 24.7 Å². The molecule has 7 nitrogen and oxygen atoms in total. The predicted molar refractivity (Wildman–Crippen MR) is 128 cm³/mol. The summed E-state index contributed by atoms with van der Waals surface area (Å²) >= 11 is 0. The number of hydrogen-bond donors (Lipinski definition) is 2. The SMILES string of the molecule is CC(C)(C)OC(=O)NC(CCCCCB1OC(C)(C)C(C)(C)O1)C(=O)Nc1ccccc1. The van der Waals surface area contributed by atoms with Crippen LogP contribution in [0.3, 0.4) is 0 Å². The third kappa shape index (κ3) is 8.13. The van der Waals surface area contributed by atoms with E-state index in [1.165, 1.54) is 0 Å². The van der Waals surface area contributed by atoms with E-state index >= 15 is 0 Å². The highest BCUT2D eigenvalue weighted by atomic mass is 16.7. The molecular weight excluding hydrogens is 407 g/mol. The van der Waals surface area contributed by atoms with Gasteiger partial charge in [0.1, 0.15) is 11.6 Å². The fourth-order valence-electron chi connectivity index (χ4n) is 3.39. The van der Waals surface area contributed by atoms with Crippen LogP contribution in [-0.4, -0.2) is 42.0 Å². The predicted octanol–water partition coefficient (Wildman–Crippen LogP) is 5.17. The molecule has 2 N–H and O–H groups in total. The summed E-state index contributed by atoms with van der Waals surface area (Å²) in [7, 11) is -0.211. The second kappa shape index (κ2) is 10.7.